The molecule has 6 heteroatoms. The standard InChI is InChI=1S/C17H16N4OS/c1-12-8-9-15(13(2)10-12)21-17(18-19-20-21)23-16(11-22)14-6-4-3-5-7-14/h3-11,16H,1-2H3. The van der Waals surface area contributed by atoms with E-state index in [9.17, 15) is 4.79 Å². The first kappa shape index (κ1) is 15.4. The Bertz CT molecular complexity index is 816. The average molecular weight is 324 g/mol. The van der Waals surface area contributed by atoms with E-state index in [0.29, 0.717) is 5.16 Å². The van der Waals surface area contributed by atoms with Crippen LogP contribution in [-0.4, -0.2) is 26.5 Å². The minimum absolute atomic E-state index is 0.341. The number of benzene rings is 2. The molecule has 0 amide bonds. The van der Waals surface area contributed by atoms with E-state index in [4.69, 9.17) is 0 Å². The van der Waals surface area contributed by atoms with Gasteiger partial charge in [-0.25, -0.2) is 0 Å². The second-order valence-corrected chi connectivity index (χ2v) is 6.36. The number of hydrogen-bond acceptors (Lipinski definition) is 5. The molecule has 0 fully saturated rings. The van der Waals surface area contributed by atoms with Crippen molar-refractivity contribution in [2.75, 3.05) is 0 Å². The van der Waals surface area contributed by atoms with E-state index in [1.165, 1.54) is 17.3 Å². The van der Waals surface area contributed by atoms with Crippen molar-refractivity contribution in [3.05, 3.63) is 65.2 Å². The van der Waals surface area contributed by atoms with Crippen molar-refractivity contribution in [3.63, 3.8) is 0 Å². The molecule has 0 saturated carbocycles. The summed E-state index contributed by atoms with van der Waals surface area (Å²) in [5.41, 5.74) is 4.12. The Kier molecular flexibility index (Phi) is 4.52. The maximum atomic E-state index is 11.5. The highest BCUT2D eigenvalue weighted by Crippen LogP contribution is 2.33. The van der Waals surface area contributed by atoms with Crippen molar-refractivity contribution < 1.29 is 4.79 Å². The summed E-state index contributed by atoms with van der Waals surface area (Å²) in [7, 11) is 0. The lowest BCUT2D eigenvalue weighted by atomic mass is 10.1. The Morgan fingerprint density at radius 3 is 2.61 bits per heavy atom. The van der Waals surface area contributed by atoms with Crippen molar-refractivity contribution in [1.29, 1.82) is 0 Å². The monoisotopic (exact) mass is 324 g/mol. The van der Waals surface area contributed by atoms with E-state index in [1.54, 1.807) is 4.68 Å². The number of nitrogens with zero attached hydrogens (tertiary/aromatic N) is 4. The van der Waals surface area contributed by atoms with Crippen molar-refractivity contribution >= 4 is 18.0 Å². The lowest BCUT2D eigenvalue weighted by molar-refractivity contribution is -0.107. The van der Waals surface area contributed by atoms with Crippen LogP contribution in [0.2, 0.25) is 0 Å². The fraction of sp³-hybridized carbons (Fsp3) is 0.176. The molecule has 0 bridgehead atoms. The topological polar surface area (TPSA) is 60.7 Å². The predicted octanol–water partition coefficient (Wildman–Crippen LogP) is 3.31. The highest BCUT2D eigenvalue weighted by Gasteiger charge is 2.18. The second-order valence-electron chi connectivity index (χ2n) is 5.25. The largest absolute Gasteiger partial charge is 0.302 e. The van der Waals surface area contributed by atoms with Gasteiger partial charge in [0.05, 0.1) is 10.9 Å². The SMILES string of the molecule is Cc1ccc(-n2nnnc2SC(C=O)c2ccccc2)c(C)c1. The quantitative estimate of drug-likeness (QED) is 0.532. The second kappa shape index (κ2) is 6.75. The molecule has 116 valence electrons. The minimum atomic E-state index is -0.341. The van der Waals surface area contributed by atoms with Gasteiger partial charge in [0.2, 0.25) is 5.16 Å². The summed E-state index contributed by atoms with van der Waals surface area (Å²) in [6.07, 6.45) is 0.918. The van der Waals surface area contributed by atoms with Crippen LogP contribution in [0.15, 0.2) is 53.7 Å². The lowest BCUT2D eigenvalue weighted by Crippen LogP contribution is -2.04. The molecule has 0 aliphatic carbocycles. The molecule has 23 heavy (non-hydrogen) atoms. The Labute approximate surface area is 138 Å². The van der Waals surface area contributed by atoms with E-state index in [1.807, 2.05) is 56.3 Å². The number of aldehydes is 1. The zero-order chi connectivity index (χ0) is 16.2. The lowest BCUT2D eigenvalue weighted by Gasteiger charge is -2.11. The average Bonchev–Trinajstić information content (AvgIpc) is 3.01. The van der Waals surface area contributed by atoms with Crippen LogP contribution in [0.25, 0.3) is 5.69 Å². The zero-order valence-corrected chi connectivity index (χ0v) is 13.7. The molecule has 0 saturated heterocycles. The molecule has 1 heterocycles. The van der Waals surface area contributed by atoms with Crippen LogP contribution >= 0.6 is 11.8 Å². The molecule has 0 aliphatic heterocycles. The molecule has 2 aromatic carbocycles. The Hall–Kier alpha value is -2.47. The van der Waals surface area contributed by atoms with E-state index in [0.717, 1.165) is 23.1 Å². The van der Waals surface area contributed by atoms with Crippen LogP contribution in [0.4, 0.5) is 0 Å². The maximum Gasteiger partial charge on any atom is 0.215 e. The van der Waals surface area contributed by atoms with Crippen LogP contribution in [0.1, 0.15) is 21.9 Å². The summed E-state index contributed by atoms with van der Waals surface area (Å²) >= 11 is 1.34. The van der Waals surface area contributed by atoms with Gasteiger partial charge in [0, 0.05) is 0 Å². The smallest absolute Gasteiger partial charge is 0.215 e. The first-order valence-electron chi connectivity index (χ1n) is 7.22. The van der Waals surface area contributed by atoms with E-state index in [-0.39, 0.29) is 5.25 Å². The Balaban J connectivity index is 1.93. The first-order chi connectivity index (χ1) is 11.2. The molecule has 3 aromatic rings. The summed E-state index contributed by atoms with van der Waals surface area (Å²) in [5.74, 6) is 0. The van der Waals surface area contributed by atoms with Gasteiger partial charge in [-0.1, -0.05) is 59.8 Å². The maximum absolute atomic E-state index is 11.5. The number of rotatable bonds is 5. The van der Waals surface area contributed by atoms with Gasteiger partial charge in [-0.2, -0.15) is 4.68 Å². The molecule has 0 spiro atoms. The van der Waals surface area contributed by atoms with E-state index < -0.39 is 0 Å². The molecule has 0 radical (unpaired) electrons. The fourth-order valence-electron chi connectivity index (χ4n) is 2.38. The van der Waals surface area contributed by atoms with Gasteiger partial charge in [-0.05, 0) is 41.5 Å². The number of tetrazole rings is 1. The number of aryl methyl sites for hydroxylation is 2. The fourth-order valence-corrected chi connectivity index (χ4v) is 3.27. The number of thioether (sulfide) groups is 1. The number of carbonyl (C=O) groups is 1. The van der Waals surface area contributed by atoms with Crippen LogP contribution in [0, 0.1) is 13.8 Å². The summed E-state index contributed by atoms with van der Waals surface area (Å²) < 4.78 is 1.68. The first-order valence-corrected chi connectivity index (χ1v) is 8.10. The number of aromatic nitrogens is 4. The normalized spacial score (nSPS) is 12.1. The van der Waals surface area contributed by atoms with Gasteiger partial charge in [-0.15, -0.1) is 5.10 Å². The molecule has 3 rings (SSSR count). The van der Waals surface area contributed by atoms with Crippen LogP contribution in [0.3, 0.4) is 0 Å². The molecule has 0 N–H and O–H groups in total. The summed E-state index contributed by atoms with van der Waals surface area (Å²) in [6, 6.07) is 15.7. The number of carbonyl (C=O) groups excluding carboxylic acids is 1. The van der Waals surface area contributed by atoms with Gasteiger partial charge >= 0.3 is 0 Å². The summed E-state index contributed by atoms with van der Waals surface area (Å²) in [5, 5.41) is 12.2. The van der Waals surface area contributed by atoms with Crippen LogP contribution < -0.4 is 0 Å². The van der Waals surface area contributed by atoms with Gasteiger partial charge in [0.25, 0.3) is 0 Å². The third-order valence-corrected chi connectivity index (χ3v) is 4.61. The third kappa shape index (κ3) is 3.32. The van der Waals surface area contributed by atoms with Crippen molar-refractivity contribution in [1.82, 2.24) is 20.2 Å². The van der Waals surface area contributed by atoms with Crippen molar-refractivity contribution in [2.24, 2.45) is 0 Å². The third-order valence-electron chi connectivity index (χ3n) is 3.51. The van der Waals surface area contributed by atoms with Crippen LogP contribution in [-0.2, 0) is 4.79 Å². The van der Waals surface area contributed by atoms with Gasteiger partial charge < -0.3 is 4.79 Å². The predicted molar refractivity (Wildman–Crippen MR) is 89.7 cm³/mol. The van der Waals surface area contributed by atoms with Crippen LogP contribution in [0.5, 0.6) is 0 Å². The van der Waals surface area contributed by atoms with Crippen molar-refractivity contribution in [2.45, 2.75) is 24.3 Å². The molecule has 0 aliphatic rings. The molecular weight excluding hydrogens is 308 g/mol. The zero-order valence-electron chi connectivity index (χ0n) is 12.9. The minimum Gasteiger partial charge on any atom is -0.302 e. The van der Waals surface area contributed by atoms with Gasteiger partial charge in [-0.3, -0.25) is 0 Å². The molecule has 1 atom stereocenters. The summed E-state index contributed by atoms with van der Waals surface area (Å²) in [4.78, 5) is 11.5. The molecule has 1 aromatic heterocycles. The molecule has 1 unspecified atom stereocenters. The highest BCUT2D eigenvalue weighted by molar-refractivity contribution is 8.00. The Morgan fingerprint density at radius 1 is 1.13 bits per heavy atom. The highest BCUT2D eigenvalue weighted by atomic mass is 32.2. The molecule has 5 nitrogen and oxygen atoms in total. The van der Waals surface area contributed by atoms with E-state index >= 15 is 0 Å². The Morgan fingerprint density at radius 2 is 1.91 bits per heavy atom. The summed E-state index contributed by atoms with van der Waals surface area (Å²) in [6.45, 7) is 4.07. The van der Waals surface area contributed by atoms with E-state index in [2.05, 4.69) is 21.6 Å². The van der Waals surface area contributed by atoms with Gasteiger partial charge in [0.15, 0.2) is 0 Å². The number of hydrogen-bond donors (Lipinski definition) is 0. The van der Waals surface area contributed by atoms with Crippen molar-refractivity contribution in [3.8, 4) is 5.69 Å². The molecular formula is C17H16N4OS. The van der Waals surface area contributed by atoms with Gasteiger partial charge in [0.1, 0.15) is 6.29 Å².